The Hall–Kier alpha value is -3.02. The van der Waals surface area contributed by atoms with Gasteiger partial charge in [-0.2, -0.15) is 13.2 Å². The SMILES string of the molecule is Cc1cc(C2NNC3CCC(C(=O)N[C@@H]4CCC[C@](O)(Cn5c(C(F)(F)F)nc6ccccc65)C4)CC32)ccn1. The maximum Gasteiger partial charge on any atom is 0.449 e. The average molecular weight is 557 g/mol. The zero-order valence-electron chi connectivity index (χ0n) is 22.4. The van der Waals surface area contributed by atoms with Crippen molar-refractivity contribution < 1.29 is 23.1 Å². The number of aliphatic hydroxyl groups is 1. The number of rotatable bonds is 5. The highest BCUT2D eigenvalue weighted by Crippen LogP contribution is 2.41. The fourth-order valence-corrected chi connectivity index (χ4v) is 7.06. The Morgan fingerprint density at radius 2 is 2.02 bits per heavy atom. The second kappa shape index (κ2) is 10.4. The maximum absolute atomic E-state index is 13.8. The number of carbonyl (C=O) groups is 1. The molecule has 3 fully saturated rings. The number of hydrogen-bond acceptors (Lipinski definition) is 6. The quantitative estimate of drug-likeness (QED) is 0.376. The minimum atomic E-state index is -4.65. The van der Waals surface area contributed by atoms with E-state index in [0.717, 1.165) is 35.1 Å². The van der Waals surface area contributed by atoms with Crippen molar-refractivity contribution in [2.45, 2.75) is 88.3 Å². The molecule has 2 saturated carbocycles. The van der Waals surface area contributed by atoms with Crippen molar-refractivity contribution in [2.75, 3.05) is 0 Å². The molecule has 4 N–H and O–H groups in total. The van der Waals surface area contributed by atoms with Gasteiger partial charge in [-0.1, -0.05) is 12.1 Å². The zero-order chi connectivity index (χ0) is 28.1. The molecule has 1 saturated heterocycles. The molecule has 3 aliphatic rings. The molecular formula is C29H35F3N6O2. The van der Waals surface area contributed by atoms with Gasteiger partial charge in [0.25, 0.3) is 0 Å². The topological polar surface area (TPSA) is 104 Å². The number of fused-ring (bicyclic) bond motifs is 2. The molecule has 214 valence electrons. The molecule has 3 aromatic rings. The Kier molecular flexibility index (Phi) is 7.08. The van der Waals surface area contributed by atoms with E-state index in [1.807, 2.05) is 13.0 Å². The second-order valence-electron chi connectivity index (χ2n) is 11.8. The van der Waals surface area contributed by atoms with E-state index in [-0.39, 0.29) is 54.4 Å². The summed E-state index contributed by atoms with van der Waals surface area (Å²) in [5, 5.41) is 14.7. The zero-order valence-corrected chi connectivity index (χ0v) is 22.4. The summed E-state index contributed by atoms with van der Waals surface area (Å²) in [4.78, 5) is 21.5. The smallest absolute Gasteiger partial charge is 0.388 e. The van der Waals surface area contributed by atoms with E-state index < -0.39 is 17.6 Å². The molecule has 3 heterocycles. The number of halogens is 3. The predicted octanol–water partition coefficient (Wildman–Crippen LogP) is 4.18. The number of para-hydroxylation sites is 2. The Balaban J connectivity index is 1.13. The van der Waals surface area contributed by atoms with Crippen molar-refractivity contribution in [3.63, 3.8) is 0 Å². The first-order chi connectivity index (χ1) is 19.1. The highest BCUT2D eigenvalue weighted by Gasteiger charge is 2.45. The van der Waals surface area contributed by atoms with Crippen molar-refractivity contribution in [1.82, 2.24) is 30.7 Å². The van der Waals surface area contributed by atoms with Crippen molar-refractivity contribution in [1.29, 1.82) is 0 Å². The van der Waals surface area contributed by atoms with Crippen LogP contribution in [-0.2, 0) is 17.5 Å². The molecule has 11 heteroatoms. The van der Waals surface area contributed by atoms with E-state index in [4.69, 9.17) is 0 Å². The molecule has 0 radical (unpaired) electrons. The monoisotopic (exact) mass is 556 g/mol. The van der Waals surface area contributed by atoms with Crippen LogP contribution >= 0.6 is 0 Å². The van der Waals surface area contributed by atoms with Crippen LogP contribution in [0.15, 0.2) is 42.6 Å². The van der Waals surface area contributed by atoms with E-state index in [0.29, 0.717) is 24.8 Å². The van der Waals surface area contributed by atoms with Gasteiger partial charge in [0.15, 0.2) is 0 Å². The minimum Gasteiger partial charge on any atom is -0.388 e. The Morgan fingerprint density at radius 3 is 2.83 bits per heavy atom. The molecule has 1 aliphatic heterocycles. The highest BCUT2D eigenvalue weighted by atomic mass is 19.4. The molecule has 2 aliphatic carbocycles. The number of aromatic nitrogens is 3. The van der Waals surface area contributed by atoms with Crippen LogP contribution in [0.4, 0.5) is 13.2 Å². The van der Waals surface area contributed by atoms with E-state index in [1.54, 1.807) is 30.5 Å². The number of hydrogen-bond donors (Lipinski definition) is 4. The maximum atomic E-state index is 13.8. The van der Waals surface area contributed by atoms with Gasteiger partial charge in [0.2, 0.25) is 11.7 Å². The van der Waals surface area contributed by atoms with E-state index in [9.17, 15) is 23.1 Å². The third-order valence-corrected chi connectivity index (χ3v) is 8.93. The van der Waals surface area contributed by atoms with E-state index in [1.165, 1.54) is 0 Å². The van der Waals surface area contributed by atoms with Gasteiger partial charge in [0.1, 0.15) is 0 Å². The molecule has 40 heavy (non-hydrogen) atoms. The van der Waals surface area contributed by atoms with Crippen molar-refractivity contribution in [3.8, 4) is 0 Å². The number of carbonyl (C=O) groups excluding carboxylic acids is 1. The summed E-state index contributed by atoms with van der Waals surface area (Å²) in [5.74, 6) is -0.946. The standard InChI is InChI=1S/C29H35F3N6O2/c1-17-13-18(10-12-33-17)25-21-14-19(8-9-22(21)36-37-25)26(39)34-20-5-4-11-28(40,15-20)16-38-24-7-3-2-6-23(24)35-27(38)29(30,31)32/h2-3,6-7,10,12-13,19-22,25,36-37,40H,4-5,8-9,11,14-16H2,1H3,(H,34,39)/t19?,20-,21?,22?,25?,28-/m1/s1. The van der Waals surface area contributed by atoms with Gasteiger partial charge in [0, 0.05) is 29.9 Å². The molecule has 1 amide bonds. The van der Waals surface area contributed by atoms with Crippen LogP contribution in [0.5, 0.6) is 0 Å². The van der Waals surface area contributed by atoms with Gasteiger partial charge < -0.3 is 15.0 Å². The summed E-state index contributed by atoms with van der Waals surface area (Å²) in [6, 6.07) is 10.6. The van der Waals surface area contributed by atoms with Gasteiger partial charge in [-0.25, -0.2) is 10.4 Å². The number of pyridine rings is 1. The normalized spacial score (nSPS) is 30.8. The Morgan fingerprint density at radius 1 is 1.20 bits per heavy atom. The van der Waals surface area contributed by atoms with E-state index >= 15 is 0 Å². The minimum absolute atomic E-state index is 0.0340. The summed E-state index contributed by atoms with van der Waals surface area (Å²) in [7, 11) is 0. The largest absolute Gasteiger partial charge is 0.449 e. The van der Waals surface area contributed by atoms with Crippen molar-refractivity contribution in [3.05, 3.63) is 59.7 Å². The lowest BCUT2D eigenvalue weighted by atomic mass is 9.74. The van der Waals surface area contributed by atoms with Gasteiger partial charge in [-0.3, -0.25) is 15.2 Å². The van der Waals surface area contributed by atoms with Crippen molar-refractivity contribution in [2.24, 2.45) is 11.8 Å². The molecule has 6 rings (SSSR count). The van der Waals surface area contributed by atoms with Crippen LogP contribution in [0.3, 0.4) is 0 Å². The number of hydrazine groups is 1. The number of nitrogens with zero attached hydrogens (tertiary/aromatic N) is 3. The van der Waals surface area contributed by atoms with Crippen LogP contribution in [0.25, 0.3) is 11.0 Å². The van der Waals surface area contributed by atoms with Crippen LogP contribution in [-0.4, -0.2) is 43.2 Å². The summed E-state index contributed by atoms with van der Waals surface area (Å²) in [6.45, 7) is 1.73. The Bertz CT molecular complexity index is 1390. The lowest BCUT2D eigenvalue weighted by Gasteiger charge is -2.39. The summed E-state index contributed by atoms with van der Waals surface area (Å²) < 4.78 is 42.6. The molecule has 6 atom stereocenters. The molecule has 8 nitrogen and oxygen atoms in total. The molecule has 0 bridgehead atoms. The molecular weight excluding hydrogens is 521 g/mol. The summed E-state index contributed by atoms with van der Waals surface area (Å²) >= 11 is 0. The highest BCUT2D eigenvalue weighted by molar-refractivity contribution is 5.79. The first-order valence-electron chi connectivity index (χ1n) is 14.1. The molecule has 4 unspecified atom stereocenters. The first kappa shape index (κ1) is 27.2. The molecule has 1 aromatic carbocycles. The number of amides is 1. The van der Waals surface area contributed by atoms with E-state index in [2.05, 4.69) is 32.2 Å². The number of alkyl halides is 3. The number of nitrogens with one attached hydrogen (secondary N) is 3. The fraction of sp³-hybridized carbons (Fsp3) is 0.552. The second-order valence-corrected chi connectivity index (χ2v) is 11.8. The lowest BCUT2D eigenvalue weighted by Crippen LogP contribution is -2.50. The predicted molar refractivity (Wildman–Crippen MR) is 143 cm³/mol. The number of aryl methyl sites for hydroxylation is 1. The molecule has 0 spiro atoms. The van der Waals surface area contributed by atoms with Crippen LogP contribution in [0.2, 0.25) is 0 Å². The van der Waals surface area contributed by atoms with Gasteiger partial charge >= 0.3 is 6.18 Å². The molecule has 2 aromatic heterocycles. The third-order valence-electron chi connectivity index (χ3n) is 8.93. The first-order valence-corrected chi connectivity index (χ1v) is 14.1. The van der Waals surface area contributed by atoms with Gasteiger partial charge in [-0.05, 0) is 87.6 Å². The summed E-state index contributed by atoms with van der Waals surface area (Å²) in [6.07, 6.45) is 1.39. The average Bonchev–Trinajstić information content (AvgIpc) is 3.50. The number of benzene rings is 1. The number of imidazole rings is 1. The van der Waals surface area contributed by atoms with Crippen LogP contribution in [0, 0.1) is 18.8 Å². The van der Waals surface area contributed by atoms with Gasteiger partial charge in [0.05, 0.1) is 29.2 Å². The van der Waals surface area contributed by atoms with Gasteiger partial charge in [-0.15, -0.1) is 0 Å². The third kappa shape index (κ3) is 5.34. The van der Waals surface area contributed by atoms with Crippen molar-refractivity contribution >= 4 is 16.9 Å². The Labute approximate surface area is 230 Å². The van der Waals surface area contributed by atoms with Crippen LogP contribution in [0.1, 0.15) is 68.1 Å². The lowest BCUT2D eigenvalue weighted by molar-refractivity contribution is -0.148. The van der Waals surface area contributed by atoms with Crippen LogP contribution < -0.4 is 16.2 Å². The fourth-order valence-electron chi connectivity index (χ4n) is 7.06. The summed E-state index contributed by atoms with van der Waals surface area (Å²) in [5.41, 5.74) is 8.10.